The minimum Gasteiger partial charge on any atom is -0.497 e. The lowest BCUT2D eigenvalue weighted by Gasteiger charge is -2.33. The summed E-state index contributed by atoms with van der Waals surface area (Å²) in [5, 5.41) is 11.9. The van der Waals surface area contributed by atoms with E-state index in [-0.39, 0.29) is 11.9 Å². The Morgan fingerprint density at radius 2 is 2.03 bits per heavy atom. The first kappa shape index (κ1) is 19.2. The standard InChI is InChI=1S/C24H25N5O2/c1-31-20-8-6-16(7-9-20)22-14-23(28-27-22)29-12-2-3-19(15-29)26-24(30)18-5-4-17-10-11-25-21(17)13-18/h4-11,13-14,19,25H,2-3,12,15H2,1H3,(H,26,30)(H,27,28). The van der Waals surface area contributed by atoms with E-state index >= 15 is 0 Å². The molecule has 2 aromatic heterocycles. The number of rotatable bonds is 5. The van der Waals surface area contributed by atoms with Gasteiger partial charge < -0.3 is 19.9 Å². The fourth-order valence-electron chi connectivity index (χ4n) is 4.15. The van der Waals surface area contributed by atoms with Crippen LogP contribution >= 0.6 is 0 Å². The van der Waals surface area contributed by atoms with Crippen LogP contribution < -0.4 is 15.0 Å². The van der Waals surface area contributed by atoms with Gasteiger partial charge in [0, 0.05) is 42.5 Å². The van der Waals surface area contributed by atoms with Crippen molar-refractivity contribution in [3.8, 4) is 17.0 Å². The van der Waals surface area contributed by atoms with Crippen LogP contribution in [0.2, 0.25) is 0 Å². The molecule has 1 fully saturated rings. The molecule has 7 nitrogen and oxygen atoms in total. The summed E-state index contributed by atoms with van der Waals surface area (Å²) in [7, 11) is 1.66. The molecule has 31 heavy (non-hydrogen) atoms. The third-order valence-corrected chi connectivity index (χ3v) is 5.86. The summed E-state index contributed by atoms with van der Waals surface area (Å²) in [5.41, 5.74) is 3.67. The van der Waals surface area contributed by atoms with Crippen molar-refractivity contribution in [3.63, 3.8) is 0 Å². The topological polar surface area (TPSA) is 86.0 Å². The number of benzene rings is 2. The molecule has 0 saturated carbocycles. The Kier molecular flexibility index (Phi) is 5.08. The second-order valence-corrected chi connectivity index (χ2v) is 7.91. The molecule has 3 heterocycles. The molecule has 2 aromatic carbocycles. The van der Waals surface area contributed by atoms with Gasteiger partial charge in [-0.1, -0.05) is 6.07 Å². The second kappa shape index (κ2) is 8.18. The SMILES string of the molecule is COc1ccc(-c2cc(N3CCCC(NC(=O)c4ccc5cc[nH]c5c4)C3)n[nH]2)cc1. The van der Waals surface area contributed by atoms with E-state index in [1.807, 2.05) is 54.7 Å². The summed E-state index contributed by atoms with van der Waals surface area (Å²) >= 11 is 0. The van der Waals surface area contributed by atoms with Crippen LogP contribution in [0.25, 0.3) is 22.2 Å². The number of piperidine rings is 1. The number of ether oxygens (including phenoxy) is 1. The minimum absolute atomic E-state index is 0.0377. The molecule has 0 radical (unpaired) electrons. The third-order valence-electron chi connectivity index (χ3n) is 5.86. The predicted octanol–water partition coefficient (Wildman–Crippen LogP) is 3.97. The molecule has 1 saturated heterocycles. The van der Waals surface area contributed by atoms with Gasteiger partial charge in [-0.2, -0.15) is 5.10 Å². The highest BCUT2D eigenvalue weighted by atomic mass is 16.5. The first-order valence-corrected chi connectivity index (χ1v) is 10.5. The zero-order valence-corrected chi connectivity index (χ0v) is 17.4. The van der Waals surface area contributed by atoms with E-state index in [1.54, 1.807) is 7.11 Å². The maximum absolute atomic E-state index is 12.8. The average Bonchev–Trinajstić information content (AvgIpc) is 3.49. The summed E-state index contributed by atoms with van der Waals surface area (Å²) < 4.78 is 5.23. The Hall–Kier alpha value is -3.74. The molecule has 3 N–H and O–H groups in total. The molecule has 7 heteroatoms. The lowest BCUT2D eigenvalue weighted by molar-refractivity contribution is 0.0933. The van der Waals surface area contributed by atoms with E-state index < -0.39 is 0 Å². The minimum atomic E-state index is -0.0377. The van der Waals surface area contributed by atoms with E-state index in [0.717, 1.165) is 59.7 Å². The lowest BCUT2D eigenvalue weighted by Crippen LogP contribution is -2.48. The molecule has 0 spiro atoms. The van der Waals surface area contributed by atoms with Crippen LogP contribution in [-0.4, -0.2) is 47.3 Å². The van der Waals surface area contributed by atoms with Crippen LogP contribution in [0, 0.1) is 0 Å². The summed E-state index contributed by atoms with van der Waals surface area (Å²) in [6, 6.07) is 17.8. The first-order valence-electron chi connectivity index (χ1n) is 10.5. The van der Waals surface area contributed by atoms with Crippen molar-refractivity contribution in [1.82, 2.24) is 20.5 Å². The van der Waals surface area contributed by atoms with Crippen LogP contribution in [0.5, 0.6) is 5.75 Å². The molecular formula is C24H25N5O2. The lowest BCUT2D eigenvalue weighted by atomic mass is 10.0. The molecule has 1 unspecified atom stereocenters. The Morgan fingerprint density at radius 3 is 2.87 bits per heavy atom. The van der Waals surface area contributed by atoms with Crippen LogP contribution in [0.15, 0.2) is 60.8 Å². The van der Waals surface area contributed by atoms with Gasteiger partial charge in [-0.3, -0.25) is 9.89 Å². The van der Waals surface area contributed by atoms with E-state index in [1.165, 1.54) is 0 Å². The summed E-state index contributed by atoms with van der Waals surface area (Å²) in [6.07, 6.45) is 3.85. The number of fused-ring (bicyclic) bond motifs is 1. The molecule has 158 valence electrons. The van der Waals surface area contributed by atoms with Crippen molar-refractivity contribution >= 4 is 22.6 Å². The molecular weight excluding hydrogens is 390 g/mol. The highest BCUT2D eigenvalue weighted by Gasteiger charge is 2.24. The molecule has 4 aromatic rings. The number of aromatic nitrogens is 3. The van der Waals surface area contributed by atoms with Gasteiger partial charge in [0.15, 0.2) is 5.82 Å². The van der Waals surface area contributed by atoms with E-state index in [2.05, 4.69) is 31.5 Å². The number of anilines is 1. The van der Waals surface area contributed by atoms with Gasteiger partial charge in [-0.05, 0) is 66.3 Å². The monoisotopic (exact) mass is 415 g/mol. The van der Waals surface area contributed by atoms with Crippen LogP contribution in [0.3, 0.4) is 0 Å². The van der Waals surface area contributed by atoms with Crippen molar-refractivity contribution in [2.24, 2.45) is 0 Å². The Labute approximate surface area is 180 Å². The van der Waals surface area contributed by atoms with Gasteiger partial charge in [0.1, 0.15) is 5.75 Å². The highest BCUT2D eigenvalue weighted by molar-refractivity contribution is 5.98. The van der Waals surface area contributed by atoms with E-state index in [0.29, 0.717) is 5.56 Å². The second-order valence-electron chi connectivity index (χ2n) is 7.91. The fraction of sp³-hybridized carbons (Fsp3) is 0.250. The number of hydrogen-bond acceptors (Lipinski definition) is 4. The van der Waals surface area contributed by atoms with Gasteiger partial charge in [0.25, 0.3) is 5.91 Å². The van der Waals surface area contributed by atoms with Gasteiger partial charge in [-0.25, -0.2) is 0 Å². The maximum atomic E-state index is 12.8. The third kappa shape index (κ3) is 3.99. The van der Waals surface area contributed by atoms with Crippen LogP contribution in [-0.2, 0) is 0 Å². The number of carbonyl (C=O) groups is 1. The highest BCUT2D eigenvalue weighted by Crippen LogP contribution is 2.26. The molecule has 1 aliphatic heterocycles. The quantitative estimate of drug-likeness (QED) is 0.460. The summed E-state index contributed by atoms with van der Waals surface area (Å²) in [6.45, 7) is 1.66. The van der Waals surface area contributed by atoms with Gasteiger partial charge in [-0.15, -0.1) is 0 Å². The van der Waals surface area contributed by atoms with Crippen molar-refractivity contribution in [2.75, 3.05) is 25.1 Å². The number of amides is 1. The zero-order valence-electron chi connectivity index (χ0n) is 17.4. The summed E-state index contributed by atoms with van der Waals surface area (Å²) in [4.78, 5) is 18.2. The smallest absolute Gasteiger partial charge is 0.251 e. The van der Waals surface area contributed by atoms with Gasteiger partial charge in [0.05, 0.1) is 12.8 Å². The number of nitrogens with one attached hydrogen (secondary N) is 3. The number of nitrogens with zero attached hydrogens (tertiary/aromatic N) is 2. The number of aromatic amines is 2. The first-order chi connectivity index (χ1) is 15.2. The largest absolute Gasteiger partial charge is 0.497 e. The Bertz CT molecular complexity index is 1190. The van der Waals surface area contributed by atoms with E-state index in [4.69, 9.17) is 4.74 Å². The van der Waals surface area contributed by atoms with Crippen molar-refractivity contribution in [1.29, 1.82) is 0 Å². The number of H-pyrrole nitrogens is 2. The van der Waals surface area contributed by atoms with Gasteiger partial charge in [0.2, 0.25) is 0 Å². The van der Waals surface area contributed by atoms with Crippen molar-refractivity contribution < 1.29 is 9.53 Å². The molecule has 5 rings (SSSR count). The van der Waals surface area contributed by atoms with Crippen molar-refractivity contribution in [2.45, 2.75) is 18.9 Å². The normalized spacial score (nSPS) is 16.4. The average molecular weight is 415 g/mol. The number of hydrogen-bond donors (Lipinski definition) is 3. The van der Waals surface area contributed by atoms with Gasteiger partial charge >= 0.3 is 0 Å². The molecule has 1 amide bonds. The number of methoxy groups -OCH3 is 1. The predicted molar refractivity (Wildman–Crippen MR) is 122 cm³/mol. The Balaban J connectivity index is 1.25. The maximum Gasteiger partial charge on any atom is 0.251 e. The van der Waals surface area contributed by atoms with E-state index in [9.17, 15) is 4.79 Å². The summed E-state index contributed by atoms with van der Waals surface area (Å²) in [5.74, 6) is 1.69. The Morgan fingerprint density at radius 1 is 1.16 bits per heavy atom. The number of carbonyl (C=O) groups excluding carboxylic acids is 1. The van der Waals surface area contributed by atoms with Crippen LogP contribution in [0.4, 0.5) is 5.82 Å². The van der Waals surface area contributed by atoms with Crippen molar-refractivity contribution in [3.05, 3.63) is 66.4 Å². The molecule has 1 aliphatic rings. The molecule has 0 aliphatic carbocycles. The zero-order chi connectivity index (χ0) is 21.2. The fourth-order valence-corrected chi connectivity index (χ4v) is 4.15. The molecule has 1 atom stereocenters. The van der Waals surface area contributed by atoms with Crippen LogP contribution in [0.1, 0.15) is 23.2 Å². The molecule has 0 bridgehead atoms.